The van der Waals surface area contributed by atoms with Crippen molar-refractivity contribution in [1.82, 2.24) is 0 Å². The maximum Gasteiger partial charge on any atom is 0.336 e. The Balaban J connectivity index is 1.79. The Bertz CT molecular complexity index is 1150. The van der Waals surface area contributed by atoms with Gasteiger partial charge in [0.05, 0.1) is 14.2 Å². The SMILES string of the molecule is COc1ccc(OC)c(/C=C/C(=O)OCc2cc(=O)oc3cc(C)c(Cl)cc23)c1. The van der Waals surface area contributed by atoms with Crippen LogP contribution >= 0.6 is 11.6 Å². The average molecular weight is 415 g/mol. The van der Waals surface area contributed by atoms with Crippen molar-refractivity contribution in [3.63, 3.8) is 0 Å². The zero-order chi connectivity index (χ0) is 21.0. The Morgan fingerprint density at radius 2 is 1.93 bits per heavy atom. The van der Waals surface area contributed by atoms with Gasteiger partial charge in [0, 0.05) is 33.7 Å². The molecule has 3 aromatic rings. The molecule has 0 aliphatic carbocycles. The summed E-state index contributed by atoms with van der Waals surface area (Å²) < 4.78 is 20.9. The molecule has 0 unspecified atom stereocenters. The van der Waals surface area contributed by atoms with Crippen LogP contribution in [0.3, 0.4) is 0 Å². The van der Waals surface area contributed by atoms with Gasteiger partial charge in [0.25, 0.3) is 0 Å². The highest BCUT2D eigenvalue weighted by atomic mass is 35.5. The van der Waals surface area contributed by atoms with E-state index < -0.39 is 11.6 Å². The molecule has 0 radical (unpaired) electrons. The van der Waals surface area contributed by atoms with Crippen LogP contribution in [-0.2, 0) is 16.1 Å². The first-order valence-corrected chi connectivity index (χ1v) is 9.09. The highest BCUT2D eigenvalue weighted by molar-refractivity contribution is 6.32. The van der Waals surface area contributed by atoms with Crippen LogP contribution in [0.4, 0.5) is 0 Å². The van der Waals surface area contributed by atoms with Crippen molar-refractivity contribution >= 4 is 34.6 Å². The number of rotatable bonds is 6. The minimum atomic E-state index is -0.575. The highest BCUT2D eigenvalue weighted by Crippen LogP contribution is 2.26. The molecule has 0 aliphatic rings. The fraction of sp³-hybridized carbons (Fsp3) is 0.182. The van der Waals surface area contributed by atoms with E-state index in [9.17, 15) is 9.59 Å². The lowest BCUT2D eigenvalue weighted by atomic mass is 10.1. The average Bonchev–Trinajstić information content (AvgIpc) is 2.71. The first kappa shape index (κ1) is 20.5. The van der Waals surface area contributed by atoms with Gasteiger partial charge in [-0.25, -0.2) is 9.59 Å². The van der Waals surface area contributed by atoms with E-state index in [1.54, 1.807) is 43.5 Å². The Hall–Kier alpha value is -3.25. The van der Waals surface area contributed by atoms with E-state index in [0.29, 0.717) is 38.6 Å². The number of hydrogen-bond acceptors (Lipinski definition) is 6. The smallest absolute Gasteiger partial charge is 0.336 e. The summed E-state index contributed by atoms with van der Waals surface area (Å²) in [4.78, 5) is 24.0. The van der Waals surface area contributed by atoms with E-state index in [4.69, 9.17) is 30.2 Å². The van der Waals surface area contributed by atoms with Gasteiger partial charge in [0.15, 0.2) is 0 Å². The number of esters is 1. The Morgan fingerprint density at radius 1 is 1.14 bits per heavy atom. The Labute approximate surface area is 172 Å². The molecule has 0 aliphatic heterocycles. The zero-order valence-corrected chi connectivity index (χ0v) is 16.9. The summed E-state index contributed by atoms with van der Waals surface area (Å²) in [7, 11) is 3.09. The predicted molar refractivity (Wildman–Crippen MR) is 111 cm³/mol. The molecule has 0 N–H and O–H groups in total. The molecule has 1 aromatic heterocycles. The Morgan fingerprint density at radius 3 is 2.66 bits per heavy atom. The molecule has 0 atom stereocenters. The van der Waals surface area contributed by atoms with Gasteiger partial charge in [-0.1, -0.05) is 11.6 Å². The number of hydrogen-bond donors (Lipinski definition) is 0. The third-order valence-electron chi connectivity index (χ3n) is 4.32. The summed E-state index contributed by atoms with van der Waals surface area (Å²) in [5.74, 6) is 0.648. The topological polar surface area (TPSA) is 75.0 Å². The number of aryl methyl sites for hydroxylation is 1. The van der Waals surface area contributed by atoms with E-state index in [1.165, 1.54) is 19.3 Å². The van der Waals surface area contributed by atoms with Crippen LogP contribution in [0.15, 0.2) is 51.7 Å². The standard InChI is InChI=1S/C22H19ClO6/c1-13-8-20-17(11-18(13)23)15(10-22(25)29-20)12-28-21(24)7-4-14-9-16(26-2)5-6-19(14)27-3/h4-11H,12H2,1-3H3/b7-4+. The van der Waals surface area contributed by atoms with Crippen molar-refractivity contribution in [3.8, 4) is 11.5 Å². The lowest BCUT2D eigenvalue weighted by molar-refractivity contribution is -0.138. The molecule has 0 spiro atoms. The summed E-state index contributed by atoms with van der Waals surface area (Å²) in [6.45, 7) is 1.71. The number of ether oxygens (including phenoxy) is 3. The van der Waals surface area contributed by atoms with Crippen molar-refractivity contribution in [3.05, 3.63) is 74.6 Å². The monoisotopic (exact) mass is 414 g/mol. The first-order chi connectivity index (χ1) is 13.9. The van der Waals surface area contributed by atoms with Gasteiger partial charge in [-0.15, -0.1) is 0 Å². The van der Waals surface area contributed by atoms with Crippen LogP contribution in [0.1, 0.15) is 16.7 Å². The second kappa shape index (κ2) is 8.84. The second-order valence-electron chi connectivity index (χ2n) is 6.24. The normalized spacial score (nSPS) is 11.0. The molecule has 0 amide bonds. The van der Waals surface area contributed by atoms with Crippen molar-refractivity contribution < 1.29 is 23.4 Å². The lowest BCUT2D eigenvalue weighted by Gasteiger charge is -2.08. The molecule has 0 bridgehead atoms. The number of carbonyl (C=O) groups excluding carboxylic acids is 1. The van der Waals surface area contributed by atoms with E-state index in [0.717, 1.165) is 5.56 Å². The number of fused-ring (bicyclic) bond motifs is 1. The van der Waals surface area contributed by atoms with Crippen LogP contribution in [0, 0.1) is 6.92 Å². The van der Waals surface area contributed by atoms with E-state index in [-0.39, 0.29) is 6.61 Å². The minimum Gasteiger partial charge on any atom is -0.497 e. The molecule has 1 heterocycles. The third-order valence-corrected chi connectivity index (χ3v) is 4.72. The summed E-state index contributed by atoms with van der Waals surface area (Å²) in [5, 5.41) is 1.15. The third kappa shape index (κ3) is 4.78. The summed E-state index contributed by atoms with van der Waals surface area (Å²) >= 11 is 6.17. The van der Waals surface area contributed by atoms with Crippen molar-refractivity contribution in [2.75, 3.05) is 14.2 Å². The van der Waals surface area contributed by atoms with Crippen LogP contribution in [-0.4, -0.2) is 20.2 Å². The van der Waals surface area contributed by atoms with Crippen molar-refractivity contribution in [2.24, 2.45) is 0 Å². The predicted octanol–water partition coefficient (Wildman–Crippen LogP) is 4.53. The van der Waals surface area contributed by atoms with Gasteiger partial charge in [-0.2, -0.15) is 0 Å². The van der Waals surface area contributed by atoms with Gasteiger partial charge in [0.2, 0.25) is 0 Å². The van der Waals surface area contributed by atoms with Crippen LogP contribution in [0.2, 0.25) is 5.02 Å². The van der Waals surface area contributed by atoms with Crippen LogP contribution < -0.4 is 15.1 Å². The lowest BCUT2D eigenvalue weighted by Crippen LogP contribution is -2.06. The maximum absolute atomic E-state index is 12.2. The Kier molecular flexibility index (Phi) is 6.24. The quantitative estimate of drug-likeness (QED) is 0.335. The van der Waals surface area contributed by atoms with Crippen LogP contribution in [0.25, 0.3) is 17.0 Å². The summed E-state index contributed by atoms with van der Waals surface area (Å²) in [6.07, 6.45) is 2.85. The molecular weight excluding hydrogens is 396 g/mol. The van der Waals surface area contributed by atoms with Crippen molar-refractivity contribution in [2.45, 2.75) is 13.5 Å². The molecule has 29 heavy (non-hydrogen) atoms. The van der Waals surface area contributed by atoms with E-state index >= 15 is 0 Å². The van der Waals surface area contributed by atoms with Gasteiger partial charge < -0.3 is 18.6 Å². The minimum absolute atomic E-state index is 0.0973. The van der Waals surface area contributed by atoms with Crippen molar-refractivity contribution in [1.29, 1.82) is 0 Å². The number of benzene rings is 2. The molecule has 0 saturated carbocycles. The molecule has 6 nitrogen and oxygen atoms in total. The fourth-order valence-corrected chi connectivity index (χ4v) is 2.96. The second-order valence-corrected chi connectivity index (χ2v) is 6.64. The largest absolute Gasteiger partial charge is 0.497 e. The molecule has 2 aromatic carbocycles. The molecular formula is C22H19ClO6. The van der Waals surface area contributed by atoms with Gasteiger partial charge in [-0.3, -0.25) is 0 Å². The molecule has 0 saturated heterocycles. The molecule has 3 rings (SSSR count). The van der Waals surface area contributed by atoms with E-state index in [1.807, 2.05) is 6.92 Å². The number of halogens is 1. The summed E-state index contributed by atoms with van der Waals surface area (Å²) in [6, 6.07) is 9.89. The molecule has 0 fully saturated rings. The first-order valence-electron chi connectivity index (χ1n) is 8.71. The van der Waals surface area contributed by atoms with Gasteiger partial charge in [-0.05, 0) is 48.9 Å². The van der Waals surface area contributed by atoms with Crippen LogP contribution in [0.5, 0.6) is 11.5 Å². The number of methoxy groups -OCH3 is 2. The molecule has 150 valence electrons. The number of carbonyl (C=O) groups is 1. The zero-order valence-electron chi connectivity index (χ0n) is 16.2. The summed E-state index contributed by atoms with van der Waals surface area (Å²) in [5.41, 5.74) is 1.83. The van der Waals surface area contributed by atoms with Gasteiger partial charge >= 0.3 is 11.6 Å². The van der Waals surface area contributed by atoms with E-state index in [2.05, 4.69) is 0 Å². The maximum atomic E-state index is 12.2. The fourth-order valence-electron chi connectivity index (χ4n) is 2.79. The highest BCUT2D eigenvalue weighted by Gasteiger charge is 2.10. The molecule has 7 heteroatoms. The van der Waals surface area contributed by atoms with Gasteiger partial charge in [0.1, 0.15) is 23.7 Å².